The Morgan fingerprint density at radius 3 is 2.86 bits per heavy atom. The fourth-order valence-electron chi connectivity index (χ4n) is 2.56. The molecule has 1 aromatic heterocycles. The summed E-state index contributed by atoms with van der Waals surface area (Å²) in [5, 5.41) is 0.900. The lowest BCUT2D eigenvalue weighted by molar-refractivity contribution is 0.0533. The van der Waals surface area contributed by atoms with Crippen molar-refractivity contribution in [3.05, 3.63) is 4.88 Å². The van der Waals surface area contributed by atoms with Crippen molar-refractivity contribution in [1.82, 2.24) is 0 Å². The van der Waals surface area contributed by atoms with Gasteiger partial charge in [0.05, 0.1) is 20.3 Å². The predicted octanol–water partition coefficient (Wildman–Crippen LogP) is 1.99. The average Bonchev–Trinajstić information content (AvgIpc) is 3.03. The first-order valence-electron chi connectivity index (χ1n) is 6.99. The minimum Gasteiger partial charge on any atom is -0.492 e. The van der Waals surface area contributed by atoms with Crippen LogP contribution in [0.3, 0.4) is 0 Å². The summed E-state index contributed by atoms with van der Waals surface area (Å²) in [6.45, 7) is 4.63. The van der Waals surface area contributed by atoms with Gasteiger partial charge in [0.1, 0.15) is 15.6 Å². The zero-order valence-electron chi connectivity index (χ0n) is 12.7. The second-order valence-corrected chi connectivity index (χ2v) is 5.96. The Hall–Kier alpha value is -1.47. The number of anilines is 2. The molecule has 1 atom stereocenters. The Bertz CT molecular complexity index is 503. The van der Waals surface area contributed by atoms with E-state index in [1.54, 1.807) is 21.1 Å². The average molecular weight is 314 g/mol. The van der Waals surface area contributed by atoms with Gasteiger partial charge in [0, 0.05) is 26.1 Å². The molecule has 1 aromatic rings. The number of hydrogen-bond donors (Lipinski definition) is 1. The molecule has 0 spiro atoms. The van der Waals surface area contributed by atoms with Gasteiger partial charge in [-0.05, 0) is 13.3 Å². The Labute approximate surface area is 128 Å². The van der Waals surface area contributed by atoms with Crippen molar-refractivity contribution in [2.45, 2.75) is 13.3 Å². The molecule has 2 heterocycles. The van der Waals surface area contributed by atoms with Crippen LogP contribution in [0.5, 0.6) is 5.75 Å². The molecule has 0 aromatic carbocycles. The van der Waals surface area contributed by atoms with Crippen LogP contribution in [0.25, 0.3) is 0 Å². The standard InChI is InChI=1S/C14H22N2O4S/c1-4-20-14(17)12-10(15)11(19-3)13(21-12)16-6-5-9(7-16)8-18-2/h9H,4-8,15H2,1-3H3. The van der Waals surface area contributed by atoms with E-state index in [4.69, 9.17) is 19.9 Å². The van der Waals surface area contributed by atoms with E-state index in [0.29, 0.717) is 28.8 Å². The third-order valence-corrected chi connectivity index (χ3v) is 4.75. The van der Waals surface area contributed by atoms with Crippen molar-refractivity contribution < 1.29 is 19.0 Å². The number of methoxy groups -OCH3 is 2. The molecule has 118 valence electrons. The molecule has 0 saturated carbocycles. The first-order valence-corrected chi connectivity index (χ1v) is 7.81. The van der Waals surface area contributed by atoms with Crippen molar-refractivity contribution in [1.29, 1.82) is 0 Å². The molecule has 21 heavy (non-hydrogen) atoms. The molecule has 0 bridgehead atoms. The van der Waals surface area contributed by atoms with Gasteiger partial charge in [-0.25, -0.2) is 4.79 Å². The van der Waals surface area contributed by atoms with Crippen LogP contribution in [0.1, 0.15) is 23.0 Å². The summed E-state index contributed by atoms with van der Waals surface area (Å²) in [6.07, 6.45) is 1.06. The molecule has 0 radical (unpaired) electrons. The molecular weight excluding hydrogens is 292 g/mol. The number of nitrogens with zero attached hydrogens (tertiary/aromatic N) is 1. The zero-order valence-corrected chi connectivity index (χ0v) is 13.5. The molecule has 7 heteroatoms. The van der Waals surface area contributed by atoms with Crippen molar-refractivity contribution in [2.24, 2.45) is 5.92 Å². The lowest BCUT2D eigenvalue weighted by atomic mass is 10.1. The summed E-state index contributed by atoms with van der Waals surface area (Å²) in [4.78, 5) is 14.6. The third kappa shape index (κ3) is 3.24. The highest BCUT2D eigenvalue weighted by atomic mass is 32.1. The quantitative estimate of drug-likeness (QED) is 0.810. The number of rotatable bonds is 6. The Morgan fingerprint density at radius 2 is 2.24 bits per heavy atom. The fourth-order valence-corrected chi connectivity index (χ4v) is 3.68. The van der Waals surface area contributed by atoms with Crippen LogP contribution in [0.15, 0.2) is 0 Å². The van der Waals surface area contributed by atoms with Crippen LogP contribution in [-0.2, 0) is 9.47 Å². The minimum absolute atomic E-state index is 0.327. The largest absolute Gasteiger partial charge is 0.492 e. The molecule has 6 nitrogen and oxygen atoms in total. The molecule has 2 N–H and O–H groups in total. The molecule has 1 unspecified atom stereocenters. The molecule has 0 aliphatic carbocycles. The Kier molecular flexibility index (Phi) is 5.30. The lowest BCUT2D eigenvalue weighted by Crippen LogP contribution is -2.20. The molecule has 0 amide bonds. The number of nitrogens with two attached hydrogens (primary N) is 1. The summed E-state index contributed by atoms with van der Waals surface area (Å²) >= 11 is 1.34. The molecule has 1 aliphatic rings. The highest BCUT2D eigenvalue weighted by molar-refractivity contribution is 7.19. The topological polar surface area (TPSA) is 74.0 Å². The Morgan fingerprint density at radius 1 is 1.48 bits per heavy atom. The van der Waals surface area contributed by atoms with Gasteiger partial charge >= 0.3 is 5.97 Å². The first kappa shape index (κ1) is 15.9. The highest BCUT2D eigenvalue weighted by Gasteiger charge is 2.30. The van der Waals surface area contributed by atoms with E-state index in [1.807, 2.05) is 0 Å². The van der Waals surface area contributed by atoms with Gasteiger partial charge in [-0.3, -0.25) is 0 Å². The van der Waals surface area contributed by atoms with Gasteiger partial charge in [0.15, 0.2) is 5.75 Å². The van der Waals surface area contributed by atoms with Gasteiger partial charge < -0.3 is 24.8 Å². The molecular formula is C14H22N2O4S. The van der Waals surface area contributed by atoms with Gasteiger partial charge in [-0.1, -0.05) is 0 Å². The molecule has 1 aliphatic heterocycles. The maximum Gasteiger partial charge on any atom is 0.350 e. The van der Waals surface area contributed by atoms with Crippen LogP contribution in [0.2, 0.25) is 0 Å². The maximum atomic E-state index is 11.9. The van der Waals surface area contributed by atoms with Crippen LogP contribution < -0.4 is 15.4 Å². The van der Waals surface area contributed by atoms with Crippen LogP contribution in [0, 0.1) is 5.92 Å². The molecule has 2 rings (SSSR count). The molecule has 1 saturated heterocycles. The van der Waals surface area contributed by atoms with Crippen LogP contribution >= 0.6 is 11.3 Å². The van der Waals surface area contributed by atoms with Crippen LogP contribution in [0.4, 0.5) is 10.7 Å². The lowest BCUT2D eigenvalue weighted by Gasteiger charge is -2.17. The van der Waals surface area contributed by atoms with E-state index < -0.39 is 5.97 Å². The predicted molar refractivity (Wildman–Crippen MR) is 83.4 cm³/mol. The second kappa shape index (κ2) is 7.00. The summed E-state index contributed by atoms with van der Waals surface area (Å²) in [6, 6.07) is 0. The van der Waals surface area contributed by atoms with E-state index in [-0.39, 0.29) is 0 Å². The summed E-state index contributed by atoms with van der Waals surface area (Å²) in [5.74, 6) is 0.674. The van der Waals surface area contributed by atoms with Gasteiger partial charge in [-0.2, -0.15) is 0 Å². The fraction of sp³-hybridized carbons (Fsp3) is 0.643. The van der Waals surface area contributed by atoms with Gasteiger partial charge in [-0.15, -0.1) is 11.3 Å². The Balaban J connectivity index is 2.23. The highest BCUT2D eigenvalue weighted by Crippen LogP contribution is 2.46. The van der Waals surface area contributed by atoms with E-state index >= 15 is 0 Å². The number of nitrogen functional groups attached to an aromatic ring is 1. The normalized spacial score (nSPS) is 18.0. The SMILES string of the molecule is CCOC(=O)c1sc(N2CCC(COC)C2)c(OC)c1N. The van der Waals surface area contributed by atoms with Crippen LogP contribution in [-0.4, -0.2) is 46.5 Å². The van der Waals surface area contributed by atoms with E-state index in [9.17, 15) is 4.79 Å². The van der Waals surface area contributed by atoms with E-state index in [2.05, 4.69) is 4.90 Å². The number of carbonyl (C=O) groups is 1. The van der Waals surface area contributed by atoms with Crippen molar-refractivity contribution >= 4 is 28.0 Å². The number of carbonyl (C=O) groups excluding carboxylic acids is 1. The summed E-state index contributed by atoms with van der Waals surface area (Å²) < 4.78 is 15.7. The smallest absolute Gasteiger partial charge is 0.350 e. The summed E-state index contributed by atoms with van der Waals surface area (Å²) in [5.41, 5.74) is 6.41. The number of thiophene rings is 1. The van der Waals surface area contributed by atoms with Crippen molar-refractivity contribution in [2.75, 3.05) is 51.2 Å². The van der Waals surface area contributed by atoms with Gasteiger partial charge in [0.25, 0.3) is 0 Å². The second-order valence-electron chi connectivity index (χ2n) is 4.96. The zero-order chi connectivity index (χ0) is 15.4. The minimum atomic E-state index is -0.391. The number of hydrogen-bond acceptors (Lipinski definition) is 7. The monoisotopic (exact) mass is 314 g/mol. The van der Waals surface area contributed by atoms with E-state index in [0.717, 1.165) is 31.1 Å². The third-order valence-electron chi connectivity index (χ3n) is 3.52. The summed E-state index contributed by atoms with van der Waals surface area (Å²) in [7, 11) is 3.28. The maximum absolute atomic E-state index is 11.9. The number of ether oxygens (including phenoxy) is 3. The van der Waals surface area contributed by atoms with Crippen molar-refractivity contribution in [3.8, 4) is 5.75 Å². The van der Waals surface area contributed by atoms with E-state index in [1.165, 1.54) is 11.3 Å². The molecule has 1 fully saturated rings. The first-order chi connectivity index (χ1) is 10.1. The van der Waals surface area contributed by atoms with Crippen molar-refractivity contribution in [3.63, 3.8) is 0 Å². The number of esters is 1. The van der Waals surface area contributed by atoms with Gasteiger partial charge in [0.2, 0.25) is 0 Å².